The maximum absolute atomic E-state index is 9.33. The Morgan fingerprint density at radius 3 is 2.91 bits per heavy atom. The molecule has 1 unspecified atom stereocenters. The van der Waals surface area contributed by atoms with Crippen LogP contribution in [0.2, 0.25) is 0 Å². The van der Waals surface area contributed by atoms with Crippen molar-refractivity contribution in [3.8, 4) is 0 Å². The number of hydrogen-bond acceptors (Lipinski definition) is 2. The highest BCUT2D eigenvalue weighted by atomic mass is 32.1. The monoisotopic (exact) mass is 167 g/mol. The van der Waals surface area contributed by atoms with E-state index in [4.69, 9.17) is 6.57 Å². The first-order chi connectivity index (χ1) is 5.24. The van der Waals surface area contributed by atoms with Crippen LogP contribution in [0.1, 0.15) is 15.9 Å². The molecule has 0 aliphatic carbocycles. The van der Waals surface area contributed by atoms with E-state index in [1.165, 1.54) is 4.88 Å². The number of rotatable bonds is 2. The van der Waals surface area contributed by atoms with Gasteiger partial charge in [-0.3, -0.25) is 0 Å². The van der Waals surface area contributed by atoms with Crippen molar-refractivity contribution in [2.45, 2.75) is 13.0 Å². The van der Waals surface area contributed by atoms with Crippen LogP contribution in [-0.4, -0.2) is 11.7 Å². The topological polar surface area (TPSA) is 24.6 Å². The van der Waals surface area contributed by atoms with Crippen LogP contribution in [0.15, 0.2) is 12.1 Å². The summed E-state index contributed by atoms with van der Waals surface area (Å²) in [5, 5.41) is 9.33. The third-order valence-electron chi connectivity index (χ3n) is 1.35. The summed E-state index contributed by atoms with van der Waals surface area (Å²) < 4.78 is 0. The van der Waals surface area contributed by atoms with Gasteiger partial charge in [-0.05, 0) is 19.1 Å². The van der Waals surface area contributed by atoms with Gasteiger partial charge < -0.3 is 9.95 Å². The van der Waals surface area contributed by atoms with Gasteiger partial charge in [0.15, 0.2) is 6.10 Å². The van der Waals surface area contributed by atoms with Gasteiger partial charge in [0.2, 0.25) is 6.54 Å². The highest BCUT2D eigenvalue weighted by Crippen LogP contribution is 2.22. The second kappa shape index (κ2) is 3.51. The van der Waals surface area contributed by atoms with Crippen molar-refractivity contribution < 1.29 is 5.11 Å². The fraction of sp³-hybridized carbons (Fsp3) is 0.375. The number of aliphatic hydroxyl groups excluding tert-OH is 1. The van der Waals surface area contributed by atoms with Gasteiger partial charge in [0.05, 0.1) is 0 Å². The summed E-state index contributed by atoms with van der Waals surface area (Å²) in [7, 11) is 0. The molecule has 0 aliphatic rings. The Bertz CT molecular complexity index is 274. The molecule has 2 nitrogen and oxygen atoms in total. The molecule has 0 bridgehead atoms. The Labute approximate surface area is 69.9 Å². The van der Waals surface area contributed by atoms with Crippen LogP contribution in [0.25, 0.3) is 4.85 Å². The minimum atomic E-state index is -0.591. The van der Waals surface area contributed by atoms with E-state index in [2.05, 4.69) is 4.85 Å². The van der Waals surface area contributed by atoms with E-state index >= 15 is 0 Å². The van der Waals surface area contributed by atoms with Crippen LogP contribution >= 0.6 is 11.3 Å². The smallest absolute Gasteiger partial charge is 0.245 e. The largest absolute Gasteiger partial charge is 0.380 e. The second-order valence-corrected chi connectivity index (χ2v) is 3.62. The molecule has 0 saturated carbocycles. The molecule has 1 aromatic rings. The molecule has 0 amide bonds. The Morgan fingerprint density at radius 1 is 1.73 bits per heavy atom. The van der Waals surface area contributed by atoms with Crippen LogP contribution in [0.3, 0.4) is 0 Å². The van der Waals surface area contributed by atoms with Crippen molar-refractivity contribution in [1.82, 2.24) is 0 Å². The van der Waals surface area contributed by atoms with Crippen LogP contribution < -0.4 is 0 Å². The summed E-state index contributed by atoms with van der Waals surface area (Å²) in [6, 6.07) is 3.82. The lowest BCUT2D eigenvalue weighted by Gasteiger charge is -1.97. The summed E-state index contributed by atoms with van der Waals surface area (Å²) in [5.41, 5.74) is 0. The molecule has 1 rings (SSSR count). The molecule has 11 heavy (non-hydrogen) atoms. The molecule has 1 N–H and O–H groups in total. The SMILES string of the molecule is [C-]#[N+]CC(O)c1ccc(C)s1. The molecule has 58 valence electrons. The zero-order valence-electron chi connectivity index (χ0n) is 6.24. The summed E-state index contributed by atoms with van der Waals surface area (Å²) in [6.07, 6.45) is -0.591. The molecule has 0 spiro atoms. The third-order valence-corrected chi connectivity index (χ3v) is 2.46. The average Bonchev–Trinajstić information content (AvgIpc) is 2.36. The normalized spacial score (nSPS) is 12.5. The standard InChI is InChI=1S/C8H9NOS/c1-6-3-4-8(11-6)7(10)5-9-2/h3-4,7,10H,5H2,1H3. The highest BCUT2D eigenvalue weighted by molar-refractivity contribution is 7.12. The Hall–Kier alpha value is -0.850. The second-order valence-electron chi connectivity index (χ2n) is 2.30. The van der Waals surface area contributed by atoms with Gasteiger partial charge in [-0.1, -0.05) is 0 Å². The number of thiophene rings is 1. The predicted molar refractivity (Wildman–Crippen MR) is 45.5 cm³/mol. The first kappa shape index (κ1) is 8.25. The van der Waals surface area contributed by atoms with E-state index in [0.717, 1.165) is 4.88 Å². The molecule has 0 fully saturated rings. The number of aliphatic hydroxyl groups is 1. The fourth-order valence-corrected chi connectivity index (χ4v) is 1.66. The minimum Gasteiger partial charge on any atom is -0.380 e. The maximum Gasteiger partial charge on any atom is 0.245 e. The zero-order chi connectivity index (χ0) is 8.27. The first-order valence-corrected chi connectivity index (χ1v) is 4.13. The number of nitrogens with zero attached hydrogens (tertiary/aromatic N) is 1. The summed E-state index contributed by atoms with van der Waals surface area (Å²) >= 11 is 1.54. The molecule has 0 saturated heterocycles. The van der Waals surface area contributed by atoms with Gasteiger partial charge in [-0.25, -0.2) is 6.57 Å². The maximum atomic E-state index is 9.33. The van der Waals surface area contributed by atoms with Gasteiger partial charge in [-0.15, -0.1) is 11.3 Å². The quantitative estimate of drug-likeness (QED) is 0.669. The van der Waals surface area contributed by atoms with E-state index in [0.29, 0.717) is 0 Å². The molecule has 0 radical (unpaired) electrons. The Kier molecular flexibility index (Phi) is 2.64. The van der Waals surface area contributed by atoms with E-state index in [1.54, 1.807) is 11.3 Å². The number of hydrogen-bond donors (Lipinski definition) is 1. The van der Waals surface area contributed by atoms with E-state index in [-0.39, 0.29) is 6.54 Å². The lowest BCUT2D eigenvalue weighted by molar-refractivity contribution is 0.199. The molecule has 0 aromatic carbocycles. The molecule has 1 aromatic heterocycles. The molecule has 1 heterocycles. The van der Waals surface area contributed by atoms with Crippen molar-refractivity contribution in [1.29, 1.82) is 0 Å². The lowest BCUT2D eigenvalue weighted by atomic mass is 10.3. The van der Waals surface area contributed by atoms with Gasteiger partial charge in [0, 0.05) is 9.75 Å². The van der Waals surface area contributed by atoms with E-state index < -0.39 is 6.10 Å². The molecular weight excluding hydrogens is 158 g/mol. The number of aryl methyl sites for hydroxylation is 1. The van der Waals surface area contributed by atoms with Gasteiger partial charge >= 0.3 is 0 Å². The van der Waals surface area contributed by atoms with Crippen molar-refractivity contribution in [2.75, 3.05) is 6.54 Å². The van der Waals surface area contributed by atoms with Crippen LogP contribution in [0.5, 0.6) is 0 Å². The Morgan fingerprint density at radius 2 is 2.45 bits per heavy atom. The average molecular weight is 167 g/mol. The summed E-state index contributed by atoms with van der Waals surface area (Å²) in [4.78, 5) is 5.19. The Balaban J connectivity index is 2.70. The van der Waals surface area contributed by atoms with Gasteiger partial charge in [0.25, 0.3) is 0 Å². The van der Waals surface area contributed by atoms with Crippen LogP contribution in [0.4, 0.5) is 0 Å². The molecular formula is C8H9NOS. The van der Waals surface area contributed by atoms with Crippen molar-refractivity contribution >= 4 is 11.3 Å². The predicted octanol–water partition coefficient (Wildman–Crippen LogP) is 2.01. The summed E-state index contributed by atoms with van der Waals surface area (Å²) in [5.74, 6) is 0. The van der Waals surface area contributed by atoms with E-state index in [1.807, 2.05) is 19.1 Å². The van der Waals surface area contributed by atoms with Crippen molar-refractivity contribution in [2.24, 2.45) is 0 Å². The third kappa shape index (κ3) is 2.04. The van der Waals surface area contributed by atoms with Crippen LogP contribution in [0, 0.1) is 13.5 Å². The fourth-order valence-electron chi connectivity index (χ4n) is 0.809. The van der Waals surface area contributed by atoms with Crippen molar-refractivity contribution in [3.63, 3.8) is 0 Å². The lowest BCUT2D eigenvalue weighted by Crippen LogP contribution is -1.96. The molecule has 0 aliphatic heterocycles. The van der Waals surface area contributed by atoms with Crippen molar-refractivity contribution in [3.05, 3.63) is 33.3 Å². The summed E-state index contributed by atoms with van der Waals surface area (Å²) in [6.45, 7) is 8.71. The van der Waals surface area contributed by atoms with Gasteiger partial charge in [-0.2, -0.15) is 0 Å². The van der Waals surface area contributed by atoms with Gasteiger partial charge in [0.1, 0.15) is 0 Å². The zero-order valence-corrected chi connectivity index (χ0v) is 7.06. The first-order valence-electron chi connectivity index (χ1n) is 3.31. The molecule has 3 heteroatoms. The minimum absolute atomic E-state index is 0.167. The molecule has 1 atom stereocenters. The van der Waals surface area contributed by atoms with Crippen LogP contribution in [-0.2, 0) is 0 Å². The van der Waals surface area contributed by atoms with E-state index in [9.17, 15) is 5.11 Å². The highest BCUT2D eigenvalue weighted by Gasteiger charge is 2.11.